The highest BCUT2D eigenvalue weighted by molar-refractivity contribution is 6.52. The average molecular weight is 582 g/mol. The average Bonchev–Trinajstić information content (AvgIpc) is 3.27. The first-order valence-electron chi connectivity index (χ1n) is 13.4. The zero-order valence-electron chi connectivity index (χ0n) is 23.5. The molecule has 1 aliphatic rings. The number of hydrogen-bond donors (Lipinski definition) is 1. The van der Waals surface area contributed by atoms with Crippen LogP contribution in [0.25, 0.3) is 0 Å². The van der Waals surface area contributed by atoms with Gasteiger partial charge < -0.3 is 19.7 Å². The fraction of sp³-hybridized carbons (Fsp3) is 0.152. The number of Topliss-reactive ketones (excluding diaryl/α,β-unsaturated/α-hetero) is 1. The van der Waals surface area contributed by atoms with Crippen LogP contribution in [-0.4, -0.2) is 49.2 Å². The number of nitrogens with one attached hydrogen (secondary N) is 1. The van der Waals surface area contributed by atoms with Crippen LogP contribution in [0.15, 0.2) is 97.1 Å². The minimum absolute atomic E-state index is 0.0938. The molecular formula is C33H28FN3O6. The van der Waals surface area contributed by atoms with Gasteiger partial charge in [0.2, 0.25) is 5.91 Å². The van der Waals surface area contributed by atoms with Gasteiger partial charge in [0.1, 0.15) is 29.9 Å². The number of para-hydroxylation sites is 1. The van der Waals surface area contributed by atoms with E-state index in [0.717, 1.165) is 4.90 Å². The summed E-state index contributed by atoms with van der Waals surface area (Å²) in [4.78, 5) is 56.1. The van der Waals surface area contributed by atoms with Crippen LogP contribution in [0.2, 0.25) is 0 Å². The number of hydrogen-bond acceptors (Lipinski definition) is 6. The largest absolute Gasteiger partial charge is 0.497 e. The van der Waals surface area contributed by atoms with Crippen molar-refractivity contribution < 1.29 is 33.0 Å². The second-order valence-electron chi connectivity index (χ2n) is 9.78. The van der Waals surface area contributed by atoms with Gasteiger partial charge >= 0.3 is 0 Å². The highest BCUT2D eigenvalue weighted by atomic mass is 19.1. The van der Waals surface area contributed by atoms with Gasteiger partial charge in [0, 0.05) is 12.2 Å². The molecule has 0 bridgehead atoms. The molecule has 0 saturated carbocycles. The summed E-state index contributed by atoms with van der Waals surface area (Å²) in [6.45, 7) is -0.589. The smallest absolute Gasteiger partial charge is 0.299 e. The Morgan fingerprint density at radius 2 is 1.44 bits per heavy atom. The maximum atomic E-state index is 14.1. The van der Waals surface area contributed by atoms with Crippen molar-refractivity contribution in [3.05, 3.63) is 120 Å². The fourth-order valence-electron chi connectivity index (χ4n) is 4.89. The lowest BCUT2D eigenvalue weighted by Crippen LogP contribution is -2.46. The maximum Gasteiger partial charge on any atom is 0.299 e. The molecule has 4 aromatic rings. The number of rotatable bonds is 10. The Labute approximate surface area is 247 Å². The third-order valence-electron chi connectivity index (χ3n) is 7.11. The quantitative estimate of drug-likeness (QED) is 0.270. The van der Waals surface area contributed by atoms with Crippen molar-refractivity contribution in [1.82, 2.24) is 4.90 Å². The number of fused-ring (bicyclic) bond motifs is 1. The number of ether oxygens (including phenoxy) is 2. The molecule has 1 atom stereocenters. The molecule has 43 heavy (non-hydrogen) atoms. The van der Waals surface area contributed by atoms with E-state index >= 15 is 0 Å². The lowest BCUT2D eigenvalue weighted by Gasteiger charge is -2.33. The fourth-order valence-corrected chi connectivity index (χ4v) is 4.89. The molecule has 0 spiro atoms. The Hall–Kier alpha value is -5.51. The van der Waals surface area contributed by atoms with Crippen molar-refractivity contribution in [3.63, 3.8) is 0 Å². The van der Waals surface area contributed by atoms with Crippen molar-refractivity contribution in [2.45, 2.75) is 12.6 Å². The summed E-state index contributed by atoms with van der Waals surface area (Å²) in [6, 6.07) is 24.2. The molecule has 0 aliphatic carbocycles. The number of halogens is 1. The summed E-state index contributed by atoms with van der Waals surface area (Å²) in [5.74, 6) is -1.99. The van der Waals surface area contributed by atoms with Gasteiger partial charge in [-0.2, -0.15) is 0 Å². The minimum Gasteiger partial charge on any atom is -0.497 e. The molecule has 5 rings (SSSR count). The van der Waals surface area contributed by atoms with E-state index in [1.54, 1.807) is 66.7 Å². The summed E-state index contributed by atoms with van der Waals surface area (Å²) >= 11 is 0. The second kappa shape index (κ2) is 12.6. The first-order valence-corrected chi connectivity index (χ1v) is 13.4. The van der Waals surface area contributed by atoms with Crippen LogP contribution in [0.1, 0.15) is 27.5 Å². The molecule has 0 fully saturated rings. The molecule has 0 radical (unpaired) electrons. The molecule has 3 amide bonds. The number of benzene rings is 4. The summed E-state index contributed by atoms with van der Waals surface area (Å²) < 4.78 is 24.2. The maximum absolute atomic E-state index is 14.1. The summed E-state index contributed by atoms with van der Waals surface area (Å²) in [7, 11) is 3.04. The van der Waals surface area contributed by atoms with Crippen molar-refractivity contribution in [1.29, 1.82) is 0 Å². The highest BCUT2D eigenvalue weighted by Crippen LogP contribution is 2.31. The Balaban J connectivity index is 1.54. The van der Waals surface area contributed by atoms with Crippen molar-refractivity contribution in [2.75, 3.05) is 31.0 Å². The van der Waals surface area contributed by atoms with Gasteiger partial charge in [-0.15, -0.1) is 0 Å². The van der Waals surface area contributed by atoms with Gasteiger partial charge in [0.15, 0.2) is 0 Å². The monoisotopic (exact) mass is 581 g/mol. The van der Waals surface area contributed by atoms with E-state index in [2.05, 4.69) is 5.32 Å². The Kier molecular flexibility index (Phi) is 8.47. The Morgan fingerprint density at radius 1 is 0.837 bits per heavy atom. The number of anilines is 2. The predicted octanol–water partition coefficient (Wildman–Crippen LogP) is 4.78. The van der Waals surface area contributed by atoms with E-state index in [1.165, 1.54) is 49.5 Å². The van der Waals surface area contributed by atoms with Gasteiger partial charge in [-0.25, -0.2) is 4.39 Å². The molecule has 10 heteroatoms. The molecule has 9 nitrogen and oxygen atoms in total. The van der Waals surface area contributed by atoms with Crippen LogP contribution in [0, 0.1) is 5.82 Å². The standard InChI is InChI=1S/C33H28FN3O6/c1-42-25-15-9-22(10-16-25)30(32(40)35-24-13-17-26(43-2)18-14-24)37(19-21-7-11-23(34)12-8-21)29(38)20-36-28-6-4-3-5-27(28)31(39)33(36)41/h3-18,30H,19-20H2,1-2H3,(H,35,40)/t30-/m1/s1. The topological polar surface area (TPSA) is 105 Å². The van der Waals surface area contributed by atoms with Gasteiger partial charge in [0.25, 0.3) is 17.6 Å². The third kappa shape index (κ3) is 6.23. The van der Waals surface area contributed by atoms with E-state index in [-0.39, 0.29) is 12.1 Å². The van der Waals surface area contributed by atoms with E-state index < -0.39 is 41.9 Å². The first kappa shape index (κ1) is 29.0. The Morgan fingerprint density at radius 3 is 2.07 bits per heavy atom. The van der Waals surface area contributed by atoms with Crippen LogP contribution >= 0.6 is 0 Å². The SMILES string of the molecule is COc1ccc(NC(=O)[C@@H](c2ccc(OC)cc2)N(Cc2ccc(F)cc2)C(=O)CN2C(=O)C(=O)c3ccccc32)cc1. The molecule has 1 aliphatic heterocycles. The molecule has 0 saturated heterocycles. The van der Waals surface area contributed by atoms with E-state index in [9.17, 15) is 23.6 Å². The molecule has 0 unspecified atom stereocenters. The number of amides is 3. The Bertz CT molecular complexity index is 1660. The predicted molar refractivity (Wildman–Crippen MR) is 157 cm³/mol. The lowest BCUT2D eigenvalue weighted by molar-refractivity contribution is -0.139. The number of ketones is 1. The zero-order chi connectivity index (χ0) is 30.5. The van der Waals surface area contributed by atoms with Gasteiger partial charge in [-0.3, -0.25) is 24.1 Å². The highest BCUT2D eigenvalue weighted by Gasteiger charge is 2.39. The lowest BCUT2D eigenvalue weighted by atomic mass is 10.0. The zero-order valence-corrected chi connectivity index (χ0v) is 23.5. The van der Waals surface area contributed by atoms with Crippen LogP contribution in [0.3, 0.4) is 0 Å². The molecule has 1 N–H and O–H groups in total. The van der Waals surface area contributed by atoms with Crippen LogP contribution in [0.4, 0.5) is 15.8 Å². The number of carbonyl (C=O) groups is 4. The molecule has 218 valence electrons. The summed E-state index contributed by atoms with van der Waals surface area (Å²) in [5.41, 5.74) is 2.00. The summed E-state index contributed by atoms with van der Waals surface area (Å²) in [5, 5.41) is 2.86. The molecule has 0 aromatic heterocycles. The second-order valence-corrected chi connectivity index (χ2v) is 9.78. The number of nitrogens with zero attached hydrogens (tertiary/aromatic N) is 2. The van der Waals surface area contributed by atoms with E-state index in [0.29, 0.717) is 34.0 Å². The van der Waals surface area contributed by atoms with Gasteiger partial charge in [-0.1, -0.05) is 36.4 Å². The molecule has 1 heterocycles. The van der Waals surface area contributed by atoms with Gasteiger partial charge in [-0.05, 0) is 71.8 Å². The van der Waals surface area contributed by atoms with Crippen molar-refractivity contribution >= 4 is 34.9 Å². The van der Waals surface area contributed by atoms with Crippen LogP contribution < -0.4 is 19.7 Å². The minimum atomic E-state index is -1.19. The van der Waals surface area contributed by atoms with Crippen LogP contribution in [-0.2, 0) is 20.9 Å². The molecule has 4 aromatic carbocycles. The normalized spacial score (nSPS) is 12.9. The van der Waals surface area contributed by atoms with E-state index in [1.807, 2.05) is 0 Å². The van der Waals surface area contributed by atoms with Gasteiger partial charge in [0.05, 0.1) is 25.5 Å². The number of methoxy groups -OCH3 is 2. The third-order valence-corrected chi connectivity index (χ3v) is 7.11. The van der Waals surface area contributed by atoms with E-state index in [4.69, 9.17) is 9.47 Å². The first-order chi connectivity index (χ1) is 20.8. The molecular weight excluding hydrogens is 553 g/mol. The number of carbonyl (C=O) groups excluding carboxylic acids is 4. The summed E-state index contributed by atoms with van der Waals surface area (Å²) in [6.07, 6.45) is 0. The van der Waals surface area contributed by atoms with Crippen molar-refractivity contribution in [2.24, 2.45) is 0 Å². The van der Waals surface area contributed by atoms with Crippen molar-refractivity contribution in [3.8, 4) is 11.5 Å². The van der Waals surface area contributed by atoms with Crippen LogP contribution in [0.5, 0.6) is 11.5 Å².